The van der Waals surface area contributed by atoms with Crippen LogP contribution in [0.15, 0.2) is 40.9 Å². The summed E-state index contributed by atoms with van der Waals surface area (Å²) in [5.41, 5.74) is 0.625. The quantitative estimate of drug-likeness (QED) is 0.407. The van der Waals surface area contributed by atoms with Crippen molar-refractivity contribution in [2.45, 2.75) is 13.8 Å². The van der Waals surface area contributed by atoms with E-state index in [1.807, 2.05) is 18.2 Å². The highest BCUT2D eigenvalue weighted by Gasteiger charge is 1.93. The fraction of sp³-hybridized carbons (Fsp3) is 0.222. The van der Waals surface area contributed by atoms with Gasteiger partial charge in [0.2, 0.25) is 0 Å². The average Bonchev–Trinajstić information content (AvgIpc) is 2.30. The number of aromatic nitrogens is 1. The molecule has 14 heavy (non-hydrogen) atoms. The highest BCUT2D eigenvalue weighted by atomic mass is 16.4. The van der Waals surface area contributed by atoms with Crippen LogP contribution < -0.4 is 0 Å². The summed E-state index contributed by atoms with van der Waals surface area (Å²) in [5.74, 6) is 0. The third-order valence-corrected chi connectivity index (χ3v) is 1.39. The summed E-state index contributed by atoms with van der Waals surface area (Å²) in [6.45, 7) is 3.07. The van der Waals surface area contributed by atoms with Crippen LogP contribution in [-0.2, 0) is 0 Å². The first-order valence-electron chi connectivity index (χ1n) is 3.95. The Kier molecular flexibility index (Phi) is 6.67. The molecule has 0 amide bonds. The third kappa shape index (κ3) is 5.70. The molecule has 0 spiro atoms. The van der Waals surface area contributed by atoms with Gasteiger partial charge < -0.3 is 10.4 Å². The smallest absolute Gasteiger partial charge is 0.101 e. The van der Waals surface area contributed by atoms with Crippen molar-refractivity contribution in [2.75, 3.05) is 0 Å². The van der Waals surface area contributed by atoms with Gasteiger partial charge in [0.05, 0.1) is 0 Å². The lowest BCUT2D eigenvalue weighted by atomic mass is 10.3. The van der Waals surface area contributed by atoms with Gasteiger partial charge in [0.15, 0.2) is 0 Å². The van der Waals surface area contributed by atoms with E-state index >= 15 is 0 Å². The lowest BCUT2D eigenvalue weighted by Gasteiger charge is -1.88. The van der Waals surface area contributed by atoms with Gasteiger partial charge in [-0.15, -0.1) is 0 Å². The van der Waals surface area contributed by atoms with E-state index in [1.54, 1.807) is 12.4 Å². The predicted octanol–water partition coefficient (Wildman–Crippen LogP) is 1.77. The second-order valence-electron chi connectivity index (χ2n) is 2.40. The minimum atomic E-state index is 0.313. The first kappa shape index (κ1) is 12.1. The highest BCUT2D eigenvalue weighted by molar-refractivity contribution is 6.40. The number of rotatable bonds is 1. The molecule has 5 heteroatoms. The molecule has 0 aliphatic heterocycles. The number of hydrogen-bond acceptors (Lipinski definition) is 5. The zero-order chi connectivity index (χ0) is 10.8. The lowest BCUT2D eigenvalue weighted by Crippen LogP contribution is -2.04. The molecule has 0 aliphatic carbocycles. The van der Waals surface area contributed by atoms with E-state index in [0.717, 1.165) is 0 Å². The first-order chi connectivity index (χ1) is 6.72. The Morgan fingerprint density at radius 2 is 1.36 bits per heavy atom. The van der Waals surface area contributed by atoms with Crippen LogP contribution in [0.3, 0.4) is 0 Å². The van der Waals surface area contributed by atoms with Crippen LogP contribution in [0.25, 0.3) is 0 Å². The molecule has 0 aromatic carbocycles. The van der Waals surface area contributed by atoms with E-state index in [0.29, 0.717) is 11.4 Å². The molecule has 0 saturated heterocycles. The molecule has 0 aliphatic rings. The molecule has 1 aromatic heterocycles. The van der Waals surface area contributed by atoms with Gasteiger partial charge >= 0.3 is 0 Å². The molecular formula is C9H13N3O2. The number of pyridine rings is 1. The number of hydrogen-bond donors (Lipinski definition) is 2. The maximum absolute atomic E-state index is 8.03. The molecule has 0 radical (unpaired) electrons. The normalized spacial score (nSPS) is 11.6. The Morgan fingerprint density at radius 3 is 1.50 bits per heavy atom. The topological polar surface area (TPSA) is 78.1 Å². The van der Waals surface area contributed by atoms with Crippen LogP contribution in [-0.4, -0.2) is 26.8 Å². The van der Waals surface area contributed by atoms with Crippen molar-refractivity contribution in [2.24, 2.45) is 10.3 Å². The zero-order valence-corrected chi connectivity index (χ0v) is 8.12. The monoisotopic (exact) mass is 195 g/mol. The molecule has 0 saturated carbocycles. The Balaban J connectivity index is 0.000000249. The van der Waals surface area contributed by atoms with Crippen LogP contribution in [0.2, 0.25) is 0 Å². The van der Waals surface area contributed by atoms with E-state index in [-0.39, 0.29) is 0 Å². The Hall–Kier alpha value is -1.91. The van der Waals surface area contributed by atoms with Gasteiger partial charge in [-0.1, -0.05) is 16.4 Å². The molecular weight excluding hydrogens is 182 g/mol. The van der Waals surface area contributed by atoms with E-state index in [1.165, 1.54) is 13.8 Å². The molecule has 1 rings (SSSR count). The summed E-state index contributed by atoms with van der Waals surface area (Å²) in [6, 6.07) is 5.72. The minimum absolute atomic E-state index is 0.313. The largest absolute Gasteiger partial charge is 0.411 e. The van der Waals surface area contributed by atoms with Crippen molar-refractivity contribution in [3.8, 4) is 0 Å². The molecule has 1 aromatic rings. The van der Waals surface area contributed by atoms with Gasteiger partial charge in [-0.05, 0) is 26.0 Å². The summed E-state index contributed by atoms with van der Waals surface area (Å²) in [5, 5.41) is 21.6. The average molecular weight is 195 g/mol. The van der Waals surface area contributed by atoms with Gasteiger partial charge in [-0.2, -0.15) is 0 Å². The maximum atomic E-state index is 8.03. The Labute approximate surface area is 82.4 Å². The summed E-state index contributed by atoms with van der Waals surface area (Å²) in [4.78, 5) is 3.78. The van der Waals surface area contributed by atoms with Gasteiger partial charge in [-0.25, -0.2) is 0 Å². The fourth-order valence-corrected chi connectivity index (χ4v) is 0.457. The zero-order valence-electron chi connectivity index (χ0n) is 8.12. The van der Waals surface area contributed by atoms with E-state index in [4.69, 9.17) is 10.4 Å². The third-order valence-electron chi connectivity index (χ3n) is 1.39. The van der Waals surface area contributed by atoms with E-state index < -0.39 is 0 Å². The van der Waals surface area contributed by atoms with Crippen molar-refractivity contribution < 1.29 is 10.4 Å². The van der Waals surface area contributed by atoms with Crippen molar-refractivity contribution in [1.29, 1.82) is 0 Å². The molecule has 0 bridgehead atoms. The summed E-state index contributed by atoms with van der Waals surface area (Å²) in [6.07, 6.45) is 3.50. The van der Waals surface area contributed by atoms with Gasteiger partial charge in [0, 0.05) is 12.4 Å². The first-order valence-corrected chi connectivity index (χ1v) is 3.95. The van der Waals surface area contributed by atoms with Crippen molar-refractivity contribution in [3.05, 3.63) is 30.6 Å². The van der Waals surface area contributed by atoms with Crippen molar-refractivity contribution >= 4 is 11.4 Å². The summed E-state index contributed by atoms with van der Waals surface area (Å²) < 4.78 is 0. The second-order valence-corrected chi connectivity index (χ2v) is 2.40. The fourth-order valence-electron chi connectivity index (χ4n) is 0.457. The van der Waals surface area contributed by atoms with Gasteiger partial charge in [0.25, 0.3) is 0 Å². The van der Waals surface area contributed by atoms with Crippen LogP contribution in [0.5, 0.6) is 0 Å². The van der Waals surface area contributed by atoms with Crippen LogP contribution >= 0.6 is 0 Å². The van der Waals surface area contributed by atoms with Crippen LogP contribution in [0.4, 0.5) is 0 Å². The van der Waals surface area contributed by atoms with Crippen LogP contribution in [0.1, 0.15) is 13.8 Å². The second kappa shape index (κ2) is 7.72. The predicted molar refractivity (Wildman–Crippen MR) is 54.0 cm³/mol. The lowest BCUT2D eigenvalue weighted by molar-refractivity contribution is 0.313. The SMILES string of the molecule is CC(=NO)C(C)=NO.c1ccncc1. The highest BCUT2D eigenvalue weighted by Crippen LogP contribution is 1.79. The van der Waals surface area contributed by atoms with E-state index in [2.05, 4.69) is 15.3 Å². The maximum Gasteiger partial charge on any atom is 0.101 e. The van der Waals surface area contributed by atoms with Crippen molar-refractivity contribution in [3.63, 3.8) is 0 Å². The number of nitrogens with zero attached hydrogens (tertiary/aromatic N) is 3. The number of oxime groups is 2. The standard InChI is InChI=1S/C5H5N.C4H8N2O2/c1-2-4-6-5-3-1;1-3(5-7)4(2)6-8/h1-5H;7-8H,1-2H3. The molecule has 0 unspecified atom stereocenters. The molecule has 1 heterocycles. The van der Waals surface area contributed by atoms with Crippen molar-refractivity contribution in [1.82, 2.24) is 4.98 Å². The summed E-state index contributed by atoms with van der Waals surface area (Å²) >= 11 is 0. The van der Waals surface area contributed by atoms with Gasteiger partial charge in [0.1, 0.15) is 11.4 Å². The molecule has 0 atom stereocenters. The molecule has 0 fully saturated rings. The summed E-state index contributed by atoms with van der Waals surface area (Å²) in [7, 11) is 0. The Bertz CT molecular complexity index is 253. The Morgan fingerprint density at radius 1 is 0.929 bits per heavy atom. The molecule has 5 nitrogen and oxygen atoms in total. The van der Waals surface area contributed by atoms with E-state index in [9.17, 15) is 0 Å². The molecule has 76 valence electrons. The van der Waals surface area contributed by atoms with Gasteiger partial charge in [-0.3, -0.25) is 4.98 Å². The molecule has 2 N–H and O–H groups in total. The minimum Gasteiger partial charge on any atom is -0.411 e. The van der Waals surface area contributed by atoms with Crippen LogP contribution in [0, 0.1) is 0 Å².